The first-order valence-electron chi connectivity index (χ1n) is 5.67. The van der Waals surface area contributed by atoms with Gasteiger partial charge in [0.25, 0.3) is 5.91 Å². The van der Waals surface area contributed by atoms with Crippen molar-refractivity contribution in [2.24, 2.45) is 0 Å². The third kappa shape index (κ3) is 2.44. The average Bonchev–Trinajstić information content (AvgIpc) is 2.81. The van der Waals surface area contributed by atoms with E-state index in [2.05, 4.69) is 19.0 Å². The molecule has 4 heteroatoms. The second kappa shape index (κ2) is 4.97. The van der Waals surface area contributed by atoms with Crippen LogP contribution in [0, 0.1) is 0 Å². The largest absolute Gasteiger partial charge is 0.338 e. The van der Waals surface area contributed by atoms with Gasteiger partial charge >= 0.3 is 0 Å². The lowest BCUT2D eigenvalue weighted by Gasteiger charge is -2.35. The Hall–Kier alpha value is -0.870. The van der Waals surface area contributed by atoms with E-state index in [1.54, 1.807) is 0 Å². The molecule has 0 aromatic carbocycles. The number of carbonyl (C=O) groups is 1. The van der Waals surface area contributed by atoms with E-state index in [0.717, 1.165) is 30.8 Å². The summed E-state index contributed by atoms with van der Waals surface area (Å²) in [6, 6.07) is 4.47. The van der Waals surface area contributed by atoms with E-state index >= 15 is 0 Å². The molecule has 0 unspecified atom stereocenters. The van der Waals surface area contributed by atoms with Gasteiger partial charge in [0.15, 0.2) is 0 Å². The average molecular weight is 238 g/mol. The number of hydrogen-bond donors (Lipinski definition) is 0. The fourth-order valence-electron chi connectivity index (χ4n) is 2.14. The van der Waals surface area contributed by atoms with Crippen molar-refractivity contribution in [2.75, 3.05) is 27.2 Å². The van der Waals surface area contributed by atoms with Crippen LogP contribution < -0.4 is 0 Å². The predicted octanol–water partition coefficient (Wildman–Crippen LogP) is 1.91. The van der Waals surface area contributed by atoms with Crippen LogP contribution in [-0.4, -0.2) is 48.9 Å². The molecule has 1 aliphatic rings. The summed E-state index contributed by atoms with van der Waals surface area (Å²) in [7, 11) is 4.23. The molecule has 0 saturated carbocycles. The summed E-state index contributed by atoms with van der Waals surface area (Å²) in [6.07, 6.45) is 2.17. The Balaban J connectivity index is 1.92. The summed E-state index contributed by atoms with van der Waals surface area (Å²) < 4.78 is 0. The Morgan fingerprint density at radius 1 is 1.44 bits per heavy atom. The topological polar surface area (TPSA) is 23.6 Å². The zero-order valence-electron chi connectivity index (χ0n) is 9.85. The maximum Gasteiger partial charge on any atom is 0.263 e. The molecule has 0 spiro atoms. The third-order valence-corrected chi connectivity index (χ3v) is 4.07. The number of nitrogens with zero attached hydrogens (tertiary/aromatic N) is 2. The lowest BCUT2D eigenvalue weighted by molar-refractivity contribution is 0.0668. The van der Waals surface area contributed by atoms with Gasteiger partial charge < -0.3 is 9.80 Å². The molecular formula is C12H18N2OS. The van der Waals surface area contributed by atoms with Gasteiger partial charge in [-0.1, -0.05) is 6.07 Å². The lowest BCUT2D eigenvalue weighted by atomic mass is 10.0. The summed E-state index contributed by atoms with van der Waals surface area (Å²) in [6.45, 7) is 1.78. The van der Waals surface area contributed by atoms with Crippen LogP contribution in [0.15, 0.2) is 17.5 Å². The van der Waals surface area contributed by atoms with Crippen LogP contribution in [0.5, 0.6) is 0 Å². The molecule has 1 aromatic heterocycles. The molecule has 16 heavy (non-hydrogen) atoms. The first-order chi connectivity index (χ1) is 7.68. The van der Waals surface area contributed by atoms with Crippen molar-refractivity contribution in [3.8, 4) is 0 Å². The molecule has 1 aliphatic heterocycles. The fourth-order valence-corrected chi connectivity index (χ4v) is 2.83. The summed E-state index contributed by atoms with van der Waals surface area (Å²) in [4.78, 5) is 17.2. The van der Waals surface area contributed by atoms with Crippen molar-refractivity contribution in [1.82, 2.24) is 9.80 Å². The van der Waals surface area contributed by atoms with Crippen LogP contribution in [0.4, 0.5) is 0 Å². The van der Waals surface area contributed by atoms with Gasteiger partial charge in [0.2, 0.25) is 0 Å². The molecule has 0 bridgehead atoms. The van der Waals surface area contributed by atoms with Crippen LogP contribution in [0.3, 0.4) is 0 Å². The van der Waals surface area contributed by atoms with Crippen LogP contribution in [-0.2, 0) is 0 Å². The highest BCUT2D eigenvalue weighted by molar-refractivity contribution is 7.12. The number of piperidine rings is 1. The Bertz CT molecular complexity index is 340. The normalized spacial score (nSPS) is 18.1. The van der Waals surface area contributed by atoms with Gasteiger partial charge in [-0.3, -0.25) is 4.79 Å². The Morgan fingerprint density at radius 3 is 2.62 bits per heavy atom. The molecule has 1 aromatic rings. The van der Waals surface area contributed by atoms with Gasteiger partial charge in [0.1, 0.15) is 0 Å². The molecule has 1 fully saturated rings. The first-order valence-corrected chi connectivity index (χ1v) is 6.55. The van der Waals surface area contributed by atoms with E-state index in [-0.39, 0.29) is 5.91 Å². The maximum absolute atomic E-state index is 12.1. The molecular weight excluding hydrogens is 220 g/mol. The van der Waals surface area contributed by atoms with Gasteiger partial charge in [0.05, 0.1) is 4.88 Å². The molecule has 0 N–H and O–H groups in total. The highest BCUT2D eigenvalue weighted by Gasteiger charge is 2.24. The van der Waals surface area contributed by atoms with Crippen molar-refractivity contribution < 1.29 is 4.79 Å². The predicted molar refractivity (Wildman–Crippen MR) is 66.9 cm³/mol. The van der Waals surface area contributed by atoms with E-state index < -0.39 is 0 Å². The molecule has 3 nitrogen and oxygen atoms in total. The number of carbonyl (C=O) groups excluding carboxylic acids is 1. The number of amides is 1. The first kappa shape index (κ1) is 11.6. The second-order valence-electron chi connectivity index (χ2n) is 4.46. The standard InChI is InChI=1S/C12H18N2OS/c1-13(2)10-5-7-14(8-6-10)12(15)11-4-3-9-16-11/h3-4,9-10H,5-8H2,1-2H3. The van der Waals surface area contributed by atoms with Crippen LogP contribution >= 0.6 is 11.3 Å². The summed E-state index contributed by atoms with van der Waals surface area (Å²) >= 11 is 1.53. The second-order valence-corrected chi connectivity index (χ2v) is 5.41. The molecule has 0 atom stereocenters. The molecule has 1 saturated heterocycles. The highest BCUT2D eigenvalue weighted by atomic mass is 32.1. The number of likely N-dealkylation sites (tertiary alicyclic amines) is 1. The third-order valence-electron chi connectivity index (χ3n) is 3.21. The zero-order chi connectivity index (χ0) is 11.5. The van der Waals surface area contributed by atoms with Crippen molar-refractivity contribution in [3.63, 3.8) is 0 Å². The van der Waals surface area contributed by atoms with Crippen LogP contribution in [0.2, 0.25) is 0 Å². The van der Waals surface area contributed by atoms with Crippen molar-refractivity contribution >= 4 is 17.2 Å². The molecule has 1 amide bonds. The van der Waals surface area contributed by atoms with Crippen LogP contribution in [0.1, 0.15) is 22.5 Å². The summed E-state index contributed by atoms with van der Waals surface area (Å²) in [5.41, 5.74) is 0. The minimum atomic E-state index is 0.201. The minimum absolute atomic E-state index is 0.201. The molecule has 2 heterocycles. The van der Waals surface area contributed by atoms with Crippen LogP contribution in [0.25, 0.3) is 0 Å². The van der Waals surface area contributed by atoms with E-state index in [1.807, 2.05) is 22.4 Å². The number of rotatable bonds is 2. The van der Waals surface area contributed by atoms with Gasteiger partial charge in [-0.15, -0.1) is 11.3 Å². The van der Waals surface area contributed by atoms with E-state index in [0.29, 0.717) is 6.04 Å². The fraction of sp³-hybridized carbons (Fsp3) is 0.583. The number of hydrogen-bond acceptors (Lipinski definition) is 3. The minimum Gasteiger partial charge on any atom is -0.338 e. The zero-order valence-corrected chi connectivity index (χ0v) is 10.7. The highest BCUT2D eigenvalue weighted by Crippen LogP contribution is 2.18. The Kier molecular flexibility index (Phi) is 3.61. The molecule has 0 radical (unpaired) electrons. The van der Waals surface area contributed by atoms with Crippen molar-refractivity contribution in [1.29, 1.82) is 0 Å². The Labute approximate surface area is 101 Å². The van der Waals surface area contributed by atoms with Gasteiger partial charge in [0, 0.05) is 19.1 Å². The van der Waals surface area contributed by atoms with E-state index in [4.69, 9.17) is 0 Å². The quantitative estimate of drug-likeness (QED) is 0.786. The monoisotopic (exact) mass is 238 g/mol. The van der Waals surface area contributed by atoms with Gasteiger partial charge in [-0.2, -0.15) is 0 Å². The number of thiophene rings is 1. The SMILES string of the molecule is CN(C)C1CCN(C(=O)c2cccs2)CC1. The van der Waals surface area contributed by atoms with E-state index in [9.17, 15) is 4.79 Å². The molecule has 2 rings (SSSR count). The Morgan fingerprint density at radius 2 is 2.12 bits per heavy atom. The summed E-state index contributed by atoms with van der Waals surface area (Å²) in [5, 5.41) is 1.96. The molecule has 0 aliphatic carbocycles. The smallest absolute Gasteiger partial charge is 0.263 e. The summed E-state index contributed by atoms with van der Waals surface area (Å²) in [5.74, 6) is 0.201. The maximum atomic E-state index is 12.1. The lowest BCUT2D eigenvalue weighted by Crippen LogP contribution is -2.44. The van der Waals surface area contributed by atoms with E-state index in [1.165, 1.54) is 11.3 Å². The molecule has 88 valence electrons. The van der Waals surface area contributed by atoms with Gasteiger partial charge in [-0.25, -0.2) is 0 Å². The van der Waals surface area contributed by atoms with Crippen molar-refractivity contribution in [3.05, 3.63) is 22.4 Å². The van der Waals surface area contributed by atoms with Gasteiger partial charge in [-0.05, 0) is 38.4 Å². The van der Waals surface area contributed by atoms with Crippen molar-refractivity contribution in [2.45, 2.75) is 18.9 Å².